The molecule has 138 valence electrons. The van der Waals surface area contributed by atoms with Gasteiger partial charge in [-0.3, -0.25) is 4.48 Å². The third-order valence-electron chi connectivity index (χ3n) is 3.81. The normalized spacial score (nSPS) is 11.7. The van der Waals surface area contributed by atoms with E-state index in [0.29, 0.717) is 6.42 Å². The largest absolute Gasteiger partial charge is 0.477 e. The number of quaternary nitrogens is 1. The summed E-state index contributed by atoms with van der Waals surface area (Å²) < 4.78 is -0.458. The van der Waals surface area contributed by atoms with Gasteiger partial charge in [0.1, 0.15) is 0 Å². The highest BCUT2D eigenvalue weighted by atomic mass is 16.4. The second-order valence-electron chi connectivity index (χ2n) is 6.18. The van der Waals surface area contributed by atoms with Crippen LogP contribution in [0.1, 0.15) is 51.9 Å². The Labute approximate surface area is 143 Å². The van der Waals surface area contributed by atoms with E-state index in [2.05, 4.69) is 19.1 Å². The maximum absolute atomic E-state index is 11.0. The lowest BCUT2D eigenvalue weighted by atomic mass is 10.1. The second kappa shape index (κ2) is 12.5. The Morgan fingerprint density at radius 1 is 0.750 bits per heavy atom. The molecule has 24 heavy (non-hydrogen) atoms. The number of nitrogens with zero attached hydrogens (tertiary/aromatic N) is 1. The van der Waals surface area contributed by atoms with Crippen LogP contribution < -0.4 is 0 Å². The minimum absolute atomic E-state index is 0.231. The number of carbonyl (C=O) groups is 3. The highest BCUT2D eigenvalue weighted by molar-refractivity contribution is 5.73. The van der Waals surface area contributed by atoms with Crippen molar-refractivity contribution in [2.24, 2.45) is 0 Å². The van der Waals surface area contributed by atoms with Crippen LogP contribution in [0.5, 0.6) is 0 Å². The summed E-state index contributed by atoms with van der Waals surface area (Å²) in [4.78, 5) is 33.1. The van der Waals surface area contributed by atoms with Gasteiger partial charge >= 0.3 is 17.9 Å². The molecule has 0 heterocycles. The number of rotatable bonds is 15. The van der Waals surface area contributed by atoms with Crippen LogP contribution in [0.15, 0.2) is 12.2 Å². The zero-order chi connectivity index (χ0) is 18.4. The molecule has 7 nitrogen and oxygen atoms in total. The fourth-order valence-corrected chi connectivity index (χ4v) is 2.72. The van der Waals surface area contributed by atoms with Gasteiger partial charge in [0.15, 0.2) is 19.6 Å². The average molecular weight is 344 g/mol. The molecule has 0 spiro atoms. The van der Waals surface area contributed by atoms with E-state index >= 15 is 0 Å². The predicted octanol–water partition coefficient (Wildman–Crippen LogP) is 2.36. The Bertz CT molecular complexity index is 392. The molecule has 0 saturated heterocycles. The van der Waals surface area contributed by atoms with Crippen LogP contribution in [-0.2, 0) is 14.4 Å². The van der Waals surface area contributed by atoms with Crippen molar-refractivity contribution >= 4 is 17.9 Å². The van der Waals surface area contributed by atoms with Crippen LogP contribution in [0.2, 0.25) is 0 Å². The maximum Gasteiger partial charge on any atom is 0.359 e. The molecule has 0 saturated carbocycles. The number of carboxylic acids is 3. The fraction of sp³-hybridized carbons (Fsp3) is 0.706. The number of allylic oxidation sites excluding steroid dienone is 2. The summed E-state index contributed by atoms with van der Waals surface area (Å²) in [5.41, 5.74) is 0. The first-order chi connectivity index (χ1) is 11.3. The van der Waals surface area contributed by atoms with Crippen LogP contribution in [0, 0.1) is 0 Å². The standard InChI is InChI=1S/C17H29NO6/c1-2-3-4-5-6-7-8-9-10-11-18(12-15(19)20,13-16(21)22)14-17(23)24/h6-7H,2-5,8-14H2,1H3,(H2-,19,20,21,22,23,24)/p+1/b7-6+. The number of hydrogen-bond acceptors (Lipinski definition) is 3. The lowest BCUT2D eigenvalue weighted by Gasteiger charge is -2.34. The predicted molar refractivity (Wildman–Crippen MR) is 89.8 cm³/mol. The molecule has 0 aliphatic rings. The first kappa shape index (κ1) is 22.1. The molecule has 0 aromatic carbocycles. The van der Waals surface area contributed by atoms with Gasteiger partial charge < -0.3 is 15.3 Å². The summed E-state index contributed by atoms with van der Waals surface area (Å²) in [5, 5.41) is 27.0. The van der Waals surface area contributed by atoms with E-state index in [-0.39, 0.29) is 6.54 Å². The number of aliphatic carboxylic acids is 3. The topological polar surface area (TPSA) is 112 Å². The van der Waals surface area contributed by atoms with Gasteiger partial charge in [-0.15, -0.1) is 0 Å². The first-order valence-electron chi connectivity index (χ1n) is 8.47. The van der Waals surface area contributed by atoms with E-state index in [4.69, 9.17) is 15.3 Å². The molecule has 0 fully saturated rings. The van der Waals surface area contributed by atoms with E-state index in [1.165, 1.54) is 19.3 Å². The molecule has 0 atom stereocenters. The van der Waals surface area contributed by atoms with Crippen molar-refractivity contribution in [2.75, 3.05) is 26.2 Å². The third kappa shape index (κ3) is 11.6. The average Bonchev–Trinajstić information content (AvgIpc) is 2.43. The molecule has 7 heteroatoms. The van der Waals surface area contributed by atoms with Crippen LogP contribution in [-0.4, -0.2) is 63.9 Å². The van der Waals surface area contributed by atoms with E-state index in [9.17, 15) is 14.4 Å². The number of hydrogen-bond donors (Lipinski definition) is 3. The molecule has 0 aliphatic heterocycles. The summed E-state index contributed by atoms with van der Waals surface area (Å²) in [5.74, 6) is -3.56. The quantitative estimate of drug-likeness (QED) is 0.239. The van der Waals surface area contributed by atoms with Gasteiger partial charge in [0.05, 0.1) is 6.54 Å². The zero-order valence-corrected chi connectivity index (χ0v) is 14.4. The Balaban J connectivity index is 4.45. The van der Waals surface area contributed by atoms with Gasteiger partial charge in [0, 0.05) is 0 Å². The van der Waals surface area contributed by atoms with Gasteiger partial charge in [0.25, 0.3) is 0 Å². The van der Waals surface area contributed by atoms with Gasteiger partial charge in [-0.1, -0.05) is 31.9 Å². The Morgan fingerprint density at radius 2 is 1.17 bits per heavy atom. The highest BCUT2D eigenvalue weighted by Gasteiger charge is 2.35. The molecule has 0 bridgehead atoms. The molecule has 0 aromatic rings. The maximum atomic E-state index is 11.0. The number of carboxylic acid groups (broad SMARTS) is 3. The smallest absolute Gasteiger partial charge is 0.359 e. The highest BCUT2D eigenvalue weighted by Crippen LogP contribution is 2.12. The molecule has 3 N–H and O–H groups in total. The molecule has 0 amide bonds. The van der Waals surface area contributed by atoms with Crippen molar-refractivity contribution in [3.8, 4) is 0 Å². The molecule has 0 rings (SSSR count). The van der Waals surface area contributed by atoms with Gasteiger partial charge in [-0.25, -0.2) is 14.4 Å². The van der Waals surface area contributed by atoms with E-state index in [1.807, 2.05) is 0 Å². The Morgan fingerprint density at radius 3 is 1.54 bits per heavy atom. The van der Waals surface area contributed by atoms with Crippen LogP contribution in [0.25, 0.3) is 0 Å². The SMILES string of the molecule is CCCCC/C=C/CCCC[N+](CC(=O)O)(CC(=O)O)CC(=O)O. The molecule has 0 aliphatic carbocycles. The first-order valence-corrected chi connectivity index (χ1v) is 8.47. The Hall–Kier alpha value is -1.89. The van der Waals surface area contributed by atoms with Crippen molar-refractivity contribution in [2.45, 2.75) is 51.9 Å². The monoisotopic (exact) mass is 344 g/mol. The van der Waals surface area contributed by atoms with Gasteiger partial charge in [-0.2, -0.15) is 0 Å². The molecule has 0 aromatic heterocycles. The lowest BCUT2D eigenvalue weighted by Crippen LogP contribution is -2.57. The van der Waals surface area contributed by atoms with Crippen LogP contribution in [0.4, 0.5) is 0 Å². The molecule has 0 radical (unpaired) electrons. The fourth-order valence-electron chi connectivity index (χ4n) is 2.72. The van der Waals surface area contributed by atoms with Crippen molar-refractivity contribution in [3.05, 3.63) is 12.2 Å². The second-order valence-corrected chi connectivity index (χ2v) is 6.18. The van der Waals surface area contributed by atoms with Crippen molar-refractivity contribution in [1.29, 1.82) is 0 Å². The summed E-state index contributed by atoms with van der Waals surface area (Å²) in [6.45, 7) is 0.899. The molecule has 0 unspecified atom stereocenters. The van der Waals surface area contributed by atoms with E-state index < -0.39 is 42.0 Å². The van der Waals surface area contributed by atoms with E-state index in [1.54, 1.807) is 0 Å². The summed E-state index contributed by atoms with van der Waals surface area (Å²) >= 11 is 0. The van der Waals surface area contributed by atoms with Crippen molar-refractivity contribution in [1.82, 2.24) is 0 Å². The van der Waals surface area contributed by atoms with Crippen LogP contribution >= 0.6 is 0 Å². The third-order valence-corrected chi connectivity index (χ3v) is 3.81. The number of unbranched alkanes of at least 4 members (excludes halogenated alkanes) is 5. The summed E-state index contributed by atoms with van der Waals surface area (Å²) in [7, 11) is 0. The van der Waals surface area contributed by atoms with Crippen LogP contribution in [0.3, 0.4) is 0 Å². The van der Waals surface area contributed by atoms with Crippen molar-refractivity contribution in [3.63, 3.8) is 0 Å². The summed E-state index contributed by atoms with van der Waals surface area (Å²) in [6, 6.07) is 0. The van der Waals surface area contributed by atoms with Gasteiger partial charge in [-0.05, 0) is 32.1 Å². The molecular weight excluding hydrogens is 314 g/mol. The zero-order valence-electron chi connectivity index (χ0n) is 14.4. The van der Waals surface area contributed by atoms with Gasteiger partial charge in [0.2, 0.25) is 0 Å². The molecular formula is C17H30NO6+. The minimum Gasteiger partial charge on any atom is -0.477 e. The lowest BCUT2D eigenvalue weighted by molar-refractivity contribution is -0.907. The van der Waals surface area contributed by atoms with E-state index in [0.717, 1.165) is 19.3 Å². The Kier molecular flexibility index (Phi) is 11.5. The van der Waals surface area contributed by atoms with Crippen molar-refractivity contribution < 1.29 is 34.2 Å². The minimum atomic E-state index is -1.19. The summed E-state index contributed by atoms with van der Waals surface area (Å²) in [6.07, 6.45) is 11.0.